The molecule has 0 aromatic heterocycles. The van der Waals surface area contributed by atoms with E-state index in [4.69, 9.17) is 9.47 Å². The average Bonchev–Trinajstić information content (AvgIpc) is 2.46. The second kappa shape index (κ2) is 5.51. The van der Waals surface area contributed by atoms with Crippen LogP contribution in [-0.2, 0) is 4.74 Å². The maximum atomic E-state index is 5.71. The first-order valence-corrected chi connectivity index (χ1v) is 7.30. The molecule has 1 atom stereocenters. The van der Waals surface area contributed by atoms with E-state index in [0.29, 0.717) is 11.5 Å². The summed E-state index contributed by atoms with van der Waals surface area (Å²) in [6, 6.07) is 8.82. The summed E-state index contributed by atoms with van der Waals surface area (Å²) in [4.78, 5) is 0. The van der Waals surface area contributed by atoms with Crippen LogP contribution in [0.5, 0.6) is 5.75 Å². The van der Waals surface area contributed by atoms with Crippen LogP contribution < -0.4 is 10.1 Å². The second-order valence-corrected chi connectivity index (χ2v) is 6.03. The van der Waals surface area contributed by atoms with Gasteiger partial charge in [-0.3, -0.25) is 0 Å². The second-order valence-electron chi connectivity index (χ2n) is 6.03. The topological polar surface area (TPSA) is 30.5 Å². The van der Waals surface area contributed by atoms with Crippen molar-refractivity contribution >= 4 is 0 Å². The van der Waals surface area contributed by atoms with E-state index in [0.717, 1.165) is 51.4 Å². The maximum Gasteiger partial charge on any atom is 0.124 e. The van der Waals surface area contributed by atoms with Gasteiger partial charge in [-0.1, -0.05) is 25.1 Å². The average molecular weight is 261 g/mol. The SMILES string of the molecule is CC1(CNC2CCOc3ccccc32)CCOCC1. The highest BCUT2D eigenvalue weighted by Gasteiger charge is 2.29. The van der Waals surface area contributed by atoms with Gasteiger partial charge in [0.2, 0.25) is 0 Å². The molecule has 1 unspecified atom stereocenters. The van der Waals surface area contributed by atoms with Crippen LogP contribution in [0.3, 0.4) is 0 Å². The molecule has 0 bridgehead atoms. The predicted molar refractivity (Wildman–Crippen MR) is 75.5 cm³/mol. The van der Waals surface area contributed by atoms with Crippen LogP contribution >= 0.6 is 0 Å². The van der Waals surface area contributed by atoms with Crippen LogP contribution in [0.2, 0.25) is 0 Å². The van der Waals surface area contributed by atoms with Crippen molar-refractivity contribution in [1.82, 2.24) is 5.32 Å². The number of nitrogens with one attached hydrogen (secondary N) is 1. The molecule has 2 heterocycles. The van der Waals surface area contributed by atoms with Gasteiger partial charge in [0.15, 0.2) is 0 Å². The van der Waals surface area contributed by atoms with Crippen molar-refractivity contribution in [2.24, 2.45) is 5.41 Å². The summed E-state index contributed by atoms with van der Waals surface area (Å²) in [7, 11) is 0. The van der Waals surface area contributed by atoms with Crippen molar-refractivity contribution < 1.29 is 9.47 Å². The van der Waals surface area contributed by atoms with E-state index in [1.54, 1.807) is 0 Å². The zero-order valence-corrected chi connectivity index (χ0v) is 11.7. The van der Waals surface area contributed by atoms with E-state index in [2.05, 4.69) is 30.4 Å². The van der Waals surface area contributed by atoms with Gasteiger partial charge in [0, 0.05) is 37.8 Å². The van der Waals surface area contributed by atoms with Gasteiger partial charge in [0.1, 0.15) is 5.75 Å². The third-order valence-corrected chi connectivity index (χ3v) is 4.43. The van der Waals surface area contributed by atoms with Crippen LogP contribution in [0.1, 0.15) is 37.8 Å². The molecule has 3 rings (SSSR count). The molecule has 0 saturated carbocycles. The molecule has 2 aliphatic heterocycles. The smallest absolute Gasteiger partial charge is 0.124 e. The maximum absolute atomic E-state index is 5.71. The molecule has 104 valence electrons. The van der Waals surface area contributed by atoms with E-state index in [1.807, 2.05) is 6.07 Å². The Bertz CT molecular complexity index is 427. The predicted octanol–water partition coefficient (Wildman–Crippen LogP) is 2.92. The van der Waals surface area contributed by atoms with Gasteiger partial charge >= 0.3 is 0 Å². The number of hydrogen-bond acceptors (Lipinski definition) is 3. The Morgan fingerprint density at radius 3 is 2.84 bits per heavy atom. The van der Waals surface area contributed by atoms with Crippen LogP contribution in [0.4, 0.5) is 0 Å². The fourth-order valence-electron chi connectivity index (χ4n) is 2.96. The molecule has 0 radical (unpaired) electrons. The van der Waals surface area contributed by atoms with Crippen LogP contribution in [0, 0.1) is 5.41 Å². The van der Waals surface area contributed by atoms with Gasteiger partial charge in [-0.05, 0) is 24.3 Å². The Hall–Kier alpha value is -1.06. The van der Waals surface area contributed by atoms with E-state index in [-0.39, 0.29) is 0 Å². The van der Waals surface area contributed by atoms with Gasteiger partial charge in [0.05, 0.1) is 6.61 Å². The Kier molecular flexibility index (Phi) is 3.76. The lowest BCUT2D eigenvalue weighted by Crippen LogP contribution is -2.39. The Morgan fingerprint density at radius 1 is 1.21 bits per heavy atom. The van der Waals surface area contributed by atoms with Crippen LogP contribution in [0.25, 0.3) is 0 Å². The Morgan fingerprint density at radius 2 is 2.00 bits per heavy atom. The Labute approximate surface area is 115 Å². The number of hydrogen-bond donors (Lipinski definition) is 1. The summed E-state index contributed by atoms with van der Waals surface area (Å²) in [6.07, 6.45) is 3.37. The fraction of sp³-hybridized carbons (Fsp3) is 0.625. The quantitative estimate of drug-likeness (QED) is 0.907. The van der Waals surface area contributed by atoms with E-state index in [1.165, 1.54) is 5.56 Å². The van der Waals surface area contributed by atoms with Crippen LogP contribution in [-0.4, -0.2) is 26.4 Å². The molecule has 1 N–H and O–H groups in total. The third-order valence-electron chi connectivity index (χ3n) is 4.43. The number of para-hydroxylation sites is 1. The highest BCUT2D eigenvalue weighted by Crippen LogP contribution is 2.34. The number of benzene rings is 1. The molecule has 1 fully saturated rings. The summed E-state index contributed by atoms with van der Waals surface area (Å²) < 4.78 is 11.2. The number of rotatable bonds is 3. The van der Waals surface area contributed by atoms with Crippen LogP contribution in [0.15, 0.2) is 24.3 Å². The Balaban J connectivity index is 1.64. The molecule has 3 nitrogen and oxygen atoms in total. The summed E-state index contributed by atoms with van der Waals surface area (Å²) in [5.74, 6) is 1.04. The van der Waals surface area contributed by atoms with Gasteiger partial charge in [-0.15, -0.1) is 0 Å². The molecule has 1 aromatic carbocycles. The molecule has 0 spiro atoms. The first kappa shape index (κ1) is 12.9. The molecule has 2 aliphatic rings. The van der Waals surface area contributed by atoms with E-state index in [9.17, 15) is 0 Å². The summed E-state index contributed by atoms with van der Waals surface area (Å²) >= 11 is 0. The fourth-order valence-corrected chi connectivity index (χ4v) is 2.96. The molecule has 1 aromatic rings. The third kappa shape index (κ3) is 2.93. The molecule has 3 heteroatoms. The zero-order chi connectivity index (χ0) is 13.1. The molecule has 1 saturated heterocycles. The summed E-state index contributed by atoms with van der Waals surface area (Å²) in [6.45, 7) is 6.06. The number of fused-ring (bicyclic) bond motifs is 1. The summed E-state index contributed by atoms with van der Waals surface area (Å²) in [5, 5.41) is 3.75. The lowest BCUT2D eigenvalue weighted by atomic mass is 9.82. The lowest BCUT2D eigenvalue weighted by Gasteiger charge is -2.36. The monoisotopic (exact) mass is 261 g/mol. The first-order valence-electron chi connectivity index (χ1n) is 7.30. The largest absolute Gasteiger partial charge is 0.493 e. The minimum atomic E-state index is 0.380. The van der Waals surface area contributed by atoms with Gasteiger partial charge in [-0.2, -0.15) is 0 Å². The number of ether oxygens (including phenoxy) is 2. The van der Waals surface area contributed by atoms with Crippen molar-refractivity contribution in [3.05, 3.63) is 29.8 Å². The highest BCUT2D eigenvalue weighted by atomic mass is 16.5. The van der Waals surface area contributed by atoms with Crippen molar-refractivity contribution in [1.29, 1.82) is 0 Å². The van der Waals surface area contributed by atoms with Crippen molar-refractivity contribution in [2.75, 3.05) is 26.4 Å². The molecule has 19 heavy (non-hydrogen) atoms. The standard InChI is InChI=1S/C16H23NO2/c1-16(7-10-18-11-8-16)12-17-14-6-9-19-15-5-3-2-4-13(14)15/h2-5,14,17H,6-12H2,1H3. The van der Waals surface area contributed by atoms with Crippen molar-refractivity contribution in [3.63, 3.8) is 0 Å². The van der Waals surface area contributed by atoms with Crippen molar-refractivity contribution in [2.45, 2.75) is 32.2 Å². The summed E-state index contributed by atoms with van der Waals surface area (Å²) in [5.41, 5.74) is 1.69. The lowest BCUT2D eigenvalue weighted by molar-refractivity contribution is 0.0222. The first-order chi connectivity index (χ1) is 9.27. The van der Waals surface area contributed by atoms with Gasteiger partial charge in [0.25, 0.3) is 0 Å². The molecule has 0 amide bonds. The van der Waals surface area contributed by atoms with Crippen molar-refractivity contribution in [3.8, 4) is 5.75 Å². The molecular weight excluding hydrogens is 238 g/mol. The van der Waals surface area contributed by atoms with Gasteiger partial charge in [-0.25, -0.2) is 0 Å². The molecular formula is C16H23NO2. The van der Waals surface area contributed by atoms with E-state index < -0.39 is 0 Å². The minimum Gasteiger partial charge on any atom is -0.493 e. The minimum absolute atomic E-state index is 0.380. The van der Waals surface area contributed by atoms with E-state index >= 15 is 0 Å². The zero-order valence-electron chi connectivity index (χ0n) is 11.7. The molecule has 0 aliphatic carbocycles. The van der Waals surface area contributed by atoms with Gasteiger partial charge < -0.3 is 14.8 Å². The highest BCUT2D eigenvalue weighted by molar-refractivity contribution is 5.37. The normalized spacial score (nSPS) is 25.4.